The molecule has 1 aromatic carbocycles. The molecule has 0 saturated heterocycles. The van der Waals surface area contributed by atoms with Gasteiger partial charge in [-0.15, -0.1) is 0 Å². The molecule has 2 amide bonds. The number of rotatable bonds is 2. The second-order valence-corrected chi connectivity index (χ2v) is 2.84. The summed E-state index contributed by atoms with van der Waals surface area (Å²) < 4.78 is 0. The Labute approximate surface area is 96.0 Å². The number of anilines is 1. The molecule has 0 radical (unpaired) electrons. The maximum Gasteiger partial charge on any atom is 0.251 e. The highest BCUT2D eigenvalue weighted by molar-refractivity contribution is 5.96. The SMILES string of the molecule is CC.CNC(=O)c1cccc(NC(C)=O)c1. The first-order chi connectivity index (χ1) is 7.63. The Morgan fingerprint density at radius 3 is 2.31 bits per heavy atom. The lowest BCUT2D eigenvalue weighted by molar-refractivity contribution is -0.114. The molecule has 0 fully saturated rings. The number of amides is 2. The van der Waals surface area contributed by atoms with Gasteiger partial charge in [-0.2, -0.15) is 0 Å². The van der Waals surface area contributed by atoms with E-state index >= 15 is 0 Å². The average molecular weight is 222 g/mol. The summed E-state index contributed by atoms with van der Waals surface area (Å²) in [7, 11) is 1.56. The van der Waals surface area contributed by atoms with Crippen LogP contribution in [-0.4, -0.2) is 18.9 Å². The third-order valence-electron chi connectivity index (χ3n) is 1.67. The van der Waals surface area contributed by atoms with Gasteiger partial charge in [0, 0.05) is 25.2 Å². The second-order valence-electron chi connectivity index (χ2n) is 2.84. The summed E-state index contributed by atoms with van der Waals surface area (Å²) in [5.74, 6) is -0.323. The number of hydrogen-bond donors (Lipinski definition) is 2. The third-order valence-corrected chi connectivity index (χ3v) is 1.67. The van der Waals surface area contributed by atoms with Crippen molar-refractivity contribution in [2.75, 3.05) is 12.4 Å². The molecule has 2 N–H and O–H groups in total. The summed E-state index contributed by atoms with van der Waals surface area (Å²) in [4.78, 5) is 22.0. The van der Waals surface area contributed by atoms with Gasteiger partial charge in [0.05, 0.1) is 0 Å². The maximum atomic E-state index is 11.2. The fourth-order valence-corrected chi connectivity index (χ4v) is 1.09. The minimum absolute atomic E-state index is 0.154. The van der Waals surface area contributed by atoms with Crippen molar-refractivity contribution in [1.29, 1.82) is 0 Å². The van der Waals surface area contributed by atoms with Gasteiger partial charge in [0.15, 0.2) is 0 Å². The molecule has 1 rings (SSSR count). The van der Waals surface area contributed by atoms with Crippen LogP contribution in [0.3, 0.4) is 0 Å². The first kappa shape index (κ1) is 14.2. The van der Waals surface area contributed by atoms with E-state index in [0.717, 1.165) is 0 Å². The Morgan fingerprint density at radius 1 is 1.19 bits per heavy atom. The van der Waals surface area contributed by atoms with Crippen molar-refractivity contribution in [2.45, 2.75) is 20.8 Å². The molecule has 0 heterocycles. The predicted molar refractivity (Wildman–Crippen MR) is 65.5 cm³/mol. The Morgan fingerprint density at radius 2 is 1.81 bits per heavy atom. The number of nitrogens with one attached hydrogen (secondary N) is 2. The van der Waals surface area contributed by atoms with Crippen molar-refractivity contribution in [3.63, 3.8) is 0 Å². The molecule has 0 bridgehead atoms. The van der Waals surface area contributed by atoms with Crippen LogP contribution in [0.5, 0.6) is 0 Å². The molecule has 0 aliphatic carbocycles. The molecule has 0 atom stereocenters. The second kappa shape index (κ2) is 7.45. The summed E-state index contributed by atoms with van der Waals surface area (Å²) in [5.41, 5.74) is 1.15. The fraction of sp³-hybridized carbons (Fsp3) is 0.333. The zero-order valence-corrected chi connectivity index (χ0v) is 10.1. The lowest BCUT2D eigenvalue weighted by atomic mass is 10.2. The van der Waals surface area contributed by atoms with Gasteiger partial charge in [-0.05, 0) is 18.2 Å². The molecule has 4 nitrogen and oxygen atoms in total. The molecule has 0 spiro atoms. The van der Waals surface area contributed by atoms with Crippen LogP contribution in [0.25, 0.3) is 0 Å². The molecular weight excluding hydrogens is 204 g/mol. The molecule has 1 aromatic rings. The highest BCUT2D eigenvalue weighted by Gasteiger charge is 2.03. The van der Waals surface area contributed by atoms with Gasteiger partial charge in [0.1, 0.15) is 0 Å². The number of carbonyl (C=O) groups excluding carboxylic acids is 2. The molecule has 4 heteroatoms. The summed E-state index contributed by atoms with van der Waals surface area (Å²) in [5, 5.41) is 5.12. The van der Waals surface area contributed by atoms with Crippen LogP contribution in [0.1, 0.15) is 31.1 Å². The fourth-order valence-electron chi connectivity index (χ4n) is 1.09. The van der Waals surface area contributed by atoms with E-state index in [1.54, 1.807) is 31.3 Å². The van der Waals surface area contributed by atoms with E-state index in [2.05, 4.69) is 10.6 Å². The summed E-state index contributed by atoms with van der Waals surface area (Å²) in [6.45, 7) is 5.42. The Balaban J connectivity index is 0.00000106. The Hall–Kier alpha value is -1.84. The monoisotopic (exact) mass is 222 g/mol. The molecule has 0 aliphatic heterocycles. The van der Waals surface area contributed by atoms with Crippen molar-refractivity contribution >= 4 is 17.5 Å². The zero-order valence-electron chi connectivity index (χ0n) is 10.1. The first-order valence-electron chi connectivity index (χ1n) is 5.23. The first-order valence-corrected chi connectivity index (χ1v) is 5.23. The van der Waals surface area contributed by atoms with Crippen LogP contribution >= 0.6 is 0 Å². The van der Waals surface area contributed by atoms with Gasteiger partial charge < -0.3 is 10.6 Å². The molecule has 88 valence electrons. The minimum Gasteiger partial charge on any atom is -0.355 e. The lowest BCUT2D eigenvalue weighted by Crippen LogP contribution is -2.18. The average Bonchev–Trinajstić information content (AvgIpc) is 2.30. The van der Waals surface area contributed by atoms with Crippen molar-refractivity contribution in [3.05, 3.63) is 29.8 Å². The molecular formula is C12H18N2O2. The summed E-state index contributed by atoms with van der Waals surface area (Å²) in [6.07, 6.45) is 0. The standard InChI is InChI=1S/C10H12N2O2.C2H6/c1-7(13)12-9-5-3-4-8(6-9)10(14)11-2;1-2/h3-6H,1-2H3,(H,11,14)(H,12,13);1-2H3. The molecule has 0 aromatic heterocycles. The van der Waals surface area contributed by atoms with E-state index in [4.69, 9.17) is 0 Å². The van der Waals surface area contributed by atoms with Crippen LogP contribution < -0.4 is 10.6 Å². The van der Waals surface area contributed by atoms with Gasteiger partial charge in [0.25, 0.3) is 5.91 Å². The van der Waals surface area contributed by atoms with Gasteiger partial charge in [-0.25, -0.2) is 0 Å². The maximum absolute atomic E-state index is 11.2. The normalized spacial score (nSPS) is 8.50. The zero-order chi connectivity index (χ0) is 12.6. The van der Waals surface area contributed by atoms with E-state index in [-0.39, 0.29) is 11.8 Å². The number of benzene rings is 1. The van der Waals surface area contributed by atoms with Crippen molar-refractivity contribution in [2.24, 2.45) is 0 Å². The summed E-state index contributed by atoms with van der Waals surface area (Å²) in [6, 6.07) is 6.76. The van der Waals surface area contributed by atoms with E-state index in [1.807, 2.05) is 13.8 Å². The van der Waals surface area contributed by atoms with Crippen molar-refractivity contribution < 1.29 is 9.59 Å². The van der Waals surface area contributed by atoms with Crippen LogP contribution in [-0.2, 0) is 4.79 Å². The van der Waals surface area contributed by atoms with Crippen LogP contribution in [0, 0.1) is 0 Å². The van der Waals surface area contributed by atoms with Crippen LogP contribution in [0.2, 0.25) is 0 Å². The van der Waals surface area contributed by atoms with Crippen LogP contribution in [0.15, 0.2) is 24.3 Å². The van der Waals surface area contributed by atoms with Crippen molar-refractivity contribution in [3.8, 4) is 0 Å². The van der Waals surface area contributed by atoms with E-state index in [0.29, 0.717) is 11.3 Å². The number of carbonyl (C=O) groups is 2. The Bertz CT molecular complexity index is 362. The number of hydrogen-bond acceptors (Lipinski definition) is 2. The minimum atomic E-state index is -0.169. The molecule has 0 aliphatic rings. The predicted octanol–water partition coefficient (Wildman–Crippen LogP) is 2.03. The van der Waals surface area contributed by atoms with Gasteiger partial charge in [-0.1, -0.05) is 19.9 Å². The van der Waals surface area contributed by atoms with Gasteiger partial charge >= 0.3 is 0 Å². The van der Waals surface area contributed by atoms with Gasteiger partial charge in [-0.3, -0.25) is 9.59 Å². The topological polar surface area (TPSA) is 58.2 Å². The highest BCUT2D eigenvalue weighted by Crippen LogP contribution is 2.10. The molecule has 0 saturated carbocycles. The molecule has 16 heavy (non-hydrogen) atoms. The molecule has 0 unspecified atom stereocenters. The largest absolute Gasteiger partial charge is 0.355 e. The smallest absolute Gasteiger partial charge is 0.251 e. The van der Waals surface area contributed by atoms with E-state index in [9.17, 15) is 9.59 Å². The third kappa shape index (κ3) is 4.59. The van der Waals surface area contributed by atoms with Crippen LogP contribution in [0.4, 0.5) is 5.69 Å². The van der Waals surface area contributed by atoms with E-state index < -0.39 is 0 Å². The Kier molecular flexibility index (Phi) is 6.59. The highest BCUT2D eigenvalue weighted by atomic mass is 16.2. The van der Waals surface area contributed by atoms with E-state index in [1.165, 1.54) is 6.92 Å². The van der Waals surface area contributed by atoms with Gasteiger partial charge in [0.2, 0.25) is 5.91 Å². The quantitative estimate of drug-likeness (QED) is 0.804. The summed E-state index contributed by atoms with van der Waals surface area (Å²) >= 11 is 0. The lowest BCUT2D eigenvalue weighted by Gasteiger charge is -2.04. The van der Waals surface area contributed by atoms with Crippen molar-refractivity contribution in [1.82, 2.24) is 5.32 Å².